The minimum Gasteiger partial charge on any atom is -0.508 e. The average Bonchev–Trinajstić information content (AvgIpc) is 2.46. The molecule has 0 saturated carbocycles. The van der Waals surface area contributed by atoms with E-state index < -0.39 is 0 Å². The van der Waals surface area contributed by atoms with Gasteiger partial charge in [-0.2, -0.15) is 0 Å². The lowest BCUT2D eigenvalue weighted by molar-refractivity contribution is -0.135. The van der Waals surface area contributed by atoms with Gasteiger partial charge >= 0.3 is 5.97 Å². The molecule has 4 heteroatoms. The Hall–Kier alpha value is -2.49. The highest BCUT2D eigenvalue weighted by Gasteiger charge is 2.28. The Bertz CT molecular complexity index is 678. The van der Waals surface area contributed by atoms with E-state index in [-0.39, 0.29) is 24.1 Å². The van der Waals surface area contributed by atoms with Gasteiger partial charge in [-0.15, -0.1) is 0 Å². The average molecular weight is 284 g/mol. The van der Waals surface area contributed by atoms with Crippen molar-refractivity contribution in [3.8, 4) is 17.2 Å². The maximum absolute atomic E-state index is 11.8. The van der Waals surface area contributed by atoms with Crippen molar-refractivity contribution in [3.05, 3.63) is 53.6 Å². The molecule has 1 aliphatic rings. The molecule has 108 valence electrons. The Morgan fingerprint density at radius 1 is 1.29 bits per heavy atom. The van der Waals surface area contributed by atoms with Crippen molar-refractivity contribution in [2.75, 3.05) is 6.61 Å². The second kappa shape index (κ2) is 5.48. The van der Waals surface area contributed by atoms with E-state index >= 15 is 0 Å². The van der Waals surface area contributed by atoms with Gasteiger partial charge in [0.1, 0.15) is 17.2 Å². The first kappa shape index (κ1) is 13.5. The van der Waals surface area contributed by atoms with E-state index in [9.17, 15) is 9.90 Å². The molecule has 0 fully saturated rings. The zero-order valence-electron chi connectivity index (χ0n) is 11.7. The van der Waals surface area contributed by atoms with Crippen LogP contribution in [0.15, 0.2) is 42.5 Å². The van der Waals surface area contributed by atoms with Crippen molar-refractivity contribution in [3.63, 3.8) is 0 Å². The van der Waals surface area contributed by atoms with E-state index in [1.807, 2.05) is 31.2 Å². The van der Waals surface area contributed by atoms with Crippen LogP contribution in [0.1, 0.15) is 30.4 Å². The molecule has 0 aromatic heterocycles. The number of phenolic OH excluding ortho intramolecular Hbond substituents is 1. The summed E-state index contributed by atoms with van der Waals surface area (Å²) in [6.45, 7) is 2.53. The smallest absolute Gasteiger partial charge is 0.312 e. The van der Waals surface area contributed by atoms with Crippen LogP contribution in [-0.4, -0.2) is 17.7 Å². The summed E-state index contributed by atoms with van der Waals surface area (Å²) in [5, 5.41) is 9.53. The van der Waals surface area contributed by atoms with Crippen LogP contribution < -0.4 is 9.47 Å². The van der Waals surface area contributed by atoms with Gasteiger partial charge in [0.15, 0.2) is 0 Å². The summed E-state index contributed by atoms with van der Waals surface area (Å²) in [5.41, 5.74) is 1.91. The second-order valence-electron chi connectivity index (χ2n) is 4.96. The van der Waals surface area contributed by atoms with Gasteiger partial charge in [0.25, 0.3) is 0 Å². The lowest BCUT2D eigenvalue weighted by atomic mass is 9.86. The molecule has 0 amide bonds. The fourth-order valence-corrected chi connectivity index (χ4v) is 2.63. The Morgan fingerprint density at radius 3 is 2.95 bits per heavy atom. The fraction of sp³-hybridized carbons (Fsp3) is 0.235. The number of phenols is 1. The highest BCUT2D eigenvalue weighted by Crippen LogP contribution is 2.40. The molecular formula is C17H16O4. The van der Waals surface area contributed by atoms with Crippen molar-refractivity contribution >= 4 is 5.97 Å². The van der Waals surface area contributed by atoms with Crippen LogP contribution in [0.3, 0.4) is 0 Å². The molecule has 2 aromatic carbocycles. The standard InChI is InChI=1S/C17H16O4/c1-2-20-13-5-3-4-11(8-13)15-10-17(19)21-16-9-12(18)6-7-14(15)16/h3-9,15,18H,2,10H2,1H3. The summed E-state index contributed by atoms with van der Waals surface area (Å²) in [6.07, 6.45) is 0.285. The first-order chi connectivity index (χ1) is 10.2. The normalized spacial score (nSPS) is 17.0. The molecule has 0 spiro atoms. The van der Waals surface area contributed by atoms with Crippen molar-refractivity contribution in [2.24, 2.45) is 0 Å². The number of fused-ring (bicyclic) bond motifs is 1. The highest BCUT2D eigenvalue weighted by atomic mass is 16.5. The molecular weight excluding hydrogens is 268 g/mol. The summed E-state index contributed by atoms with van der Waals surface area (Å²) < 4.78 is 10.7. The van der Waals surface area contributed by atoms with Crippen LogP contribution in [0, 0.1) is 0 Å². The van der Waals surface area contributed by atoms with Crippen LogP contribution >= 0.6 is 0 Å². The van der Waals surface area contributed by atoms with E-state index in [0.717, 1.165) is 16.9 Å². The lowest BCUT2D eigenvalue weighted by Gasteiger charge is -2.25. The van der Waals surface area contributed by atoms with Crippen molar-refractivity contribution in [1.29, 1.82) is 0 Å². The van der Waals surface area contributed by atoms with Gasteiger partial charge in [0.2, 0.25) is 0 Å². The largest absolute Gasteiger partial charge is 0.508 e. The van der Waals surface area contributed by atoms with Gasteiger partial charge in [-0.1, -0.05) is 18.2 Å². The number of ether oxygens (including phenoxy) is 2. The zero-order chi connectivity index (χ0) is 14.8. The zero-order valence-corrected chi connectivity index (χ0v) is 11.7. The van der Waals surface area contributed by atoms with Gasteiger partial charge in [-0.05, 0) is 30.7 Å². The molecule has 4 nitrogen and oxygen atoms in total. The van der Waals surface area contributed by atoms with Crippen LogP contribution in [0.25, 0.3) is 0 Å². The third-order valence-electron chi connectivity index (χ3n) is 3.54. The van der Waals surface area contributed by atoms with Gasteiger partial charge in [0.05, 0.1) is 13.0 Å². The SMILES string of the molecule is CCOc1cccc(C2CC(=O)Oc3cc(O)ccc32)c1. The number of benzene rings is 2. The third kappa shape index (κ3) is 2.70. The first-order valence-electron chi connectivity index (χ1n) is 6.93. The lowest BCUT2D eigenvalue weighted by Crippen LogP contribution is -2.20. The van der Waals surface area contributed by atoms with Gasteiger partial charge in [-0.3, -0.25) is 4.79 Å². The molecule has 0 aliphatic carbocycles. The molecule has 1 N–H and O–H groups in total. The summed E-state index contributed by atoms with van der Waals surface area (Å²) in [5.74, 6) is 0.930. The number of esters is 1. The Balaban J connectivity index is 2.03. The number of aromatic hydroxyl groups is 1. The summed E-state index contributed by atoms with van der Waals surface area (Å²) in [4.78, 5) is 11.8. The third-order valence-corrected chi connectivity index (χ3v) is 3.54. The molecule has 0 radical (unpaired) electrons. The van der Waals surface area contributed by atoms with Crippen LogP contribution in [0.4, 0.5) is 0 Å². The number of rotatable bonds is 3. The van der Waals surface area contributed by atoms with Crippen molar-refractivity contribution < 1.29 is 19.4 Å². The number of carbonyl (C=O) groups is 1. The van der Waals surface area contributed by atoms with E-state index in [1.54, 1.807) is 12.1 Å². The number of hydrogen-bond acceptors (Lipinski definition) is 4. The summed E-state index contributed by atoms with van der Waals surface area (Å²) in [7, 11) is 0. The topological polar surface area (TPSA) is 55.8 Å². The monoisotopic (exact) mass is 284 g/mol. The molecule has 0 saturated heterocycles. The highest BCUT2D eigenvalue weighted by molar-refractivity contribution is 5.78. The molecule has 1 aliphatic heterocycles. The maximum Gasteiger partial charge on any atom is 0.312 e. The summed E-state index contributed by atoms with van der Waals surface area (Å²) >= 11 is 0. The van der Waals surface area contributed by atoms with Gasteiger partial charge in [-0.25, -0.2) is 0 Å². The van der Waals surface area contributed by atoms with Crippen LogP contribution in [0.5, 0.6) is 17.2 Å². The predicted molar refractivity (Wildman–Crippen MR) is 77.8 cm³/mol. The van der Waals surface area contributed by atoms with Crippen molar-refractivity contribution in [2.45, 2.75) is 19.3 Å². The molecule has 0 bridgehead atoms. The molecule has 1 atom stereocenters. The molecule has 3 rings (SSSR count). The maximum atomic E-state index is 11.8. The van der Waals surface area contributed by atoms with E-state index in [0.29, 0.717) is 12.4 Å². The molecule has 21 heavy (non-hydrogen) atoms. The predicted octanol–water partition coefficient (Wildman–Crippen LogP) is 3.23. The first-order valence-corrected chi connectivity index (χ1v) is 6.93. The van der Waals surface area contributed by atoms with E-state index in [4.69, 9.17) is 9.47 Å². The molecule has 1 unspecified atom stereocenters. The van der Waals surface area contributed by atoms with Crippen LogP contribution in [-0.2, 0) is 4.79 Å². The van der Waals surface area contributed by atoms with Crippen molar-refractivity contribution in [1.82, 2.24) is 0 Å². The minimum atomic E-state index is -0.292. The molecule has 2 aromatic rings. The van der Waals surface area contributed by atoms with E-state index in [1.165, 1.54) is 6.07 Å². The molecule has 1 heterocycles. The van der Waals surface area contributed by atoms with Crippen LogP contribution in [0.2, 0.25) is 0 Å². The summed E-state index contributed by atoms with van der Waals surface area (Å²) in [6, 6.07) is 12.6. The Labute approximate surface area is 122 Å². The quantitative estimate of drug-likeness (QED) is 0.694. The fourth-order valence-electron chi connectivity index (χ4n) is 2.63. The second-order valence-corrected chi connectivity index (χ2v) is 4.96. The number of carbonyl (C=O) groups excluding carboxylic acids is 1. The van der Waals surface area contributed by atoms with Gasteiger partial charge in [0, 0.05) is 17.5 Å². The minimum absolute atomic E-state index is 0.0812. The Kier molecular flexibility index (Phi) is 3.52. The van der Waals surface area contributed by atoms with Gasteiger partial charge < -0.3 is 14.6 Å². The Morgan fingerprint density at radius 2 is 2.14 bits per heavy atom. The van der Waals surface area contributed by atoms with E-state index in [2.05, 4.69) is 0 Å². The number of hydrogen-bond donors (Lipinski definition) is 1.